The van der Waals surface area contributed by atoms with Gasteiger partial charge in [0.1, 0.15) is 0 Å². The molecule has 0 unspecified atom stereocenters. The van der Waals surface area contributed by atoms with E-state index in [0.717, 1.165) is 43.9 Å². The Bertz CT molecular complexity index is 815. The summed E-state index contributed by atoms with van der Waals surface area (Å²) in [5.74, 6) is -1.22. The number of aryl methyl sites for hydroxylation is 1. The average molecular weight is 380 g/mol. The molecule has 1 heterocycles. The van der Waals surface area contributed by atoms with Gasteiger partial charge in [0.2, 0.25) is 0 Å². The molecular weight excluding hydrogens is 352 g/mol. The number of hydrogen-bond acceptors (Lipinski definition) is 4. The van der Waals surface area contributed by atoms with Crippen molar-refractivity contribution >= 4 is 23.2 Å². The predicted molar refractivity (Wildman–Crippen MR) is 113 cm³/mol. The lowest BCUT2D eigenvalue weighted by Gasteiger charge is -2.36. The molecule has 1 fully saturated rings. The maximum Gasteiger partial charge on any atom is 0.313 e. The Balaban J connectivity index is 1.38. The summed E-state index contributed by atoms with van der Waals surface area (Å²) < 4.78 is 0. The van der Waals surface area contributed by atoms with Gasteiger partial charge in [-0.1, -0.05) is 30.3 Å². The van der Waals surface area contributed by atoms with Crippen LogP contribution in [-0.4, -0.2) is 56.0 Å². The van der Waals surface area contributed by atoms with Gasteiger partial charge in [-0.15, -0.1) is 0 Å². The summed E-state index contributed by atoms with van der Waals surface area (Å²) in [5, 5.41) is 5.41. The van der Waals surface area contributed by atoms with E-state index in [1.807, 2.05) is 32.0 Å². The Hall–Kier alpha value is -2.86. The molecule has 0 radical (unpaired) electrons. The van der Waals surface area contributed by atoms with E-state index >= 15 is 0 Å². The molecule has 0 bridgehead atoms. The standard InChI is InChI=1S/C22H28N4O2/c1-17-7-6-10-20(18(17)2)24-22(28)21(27)23-11-12-25-13-15-26(16-14-25)19-8-4-3-5-9-19/h3-10H,11-16H2,1-2H3,(H,23,27)(H,24,28). The van der Waals surface area contributed by atoms with E-state index in [2.05, 4.69) is 44.7 Å². The quantitative estimate of drug-likeness (QED) is 0.781. The van der Waals surface area contributed by atoms with Gasteiger partial charge in [0.05, 0.1) is 0 Å². The number of carbonyl (C=O) groups is 2. The Labute approximate surface area is 166 Å². The Morgan fingerprint density at radius 1 is 0.893 bits per heavy atom. The first-order valence-corrected chi connectivity index (χ1v) is 9.72. The van der Waals surface area contributed by atoms with Gasteiger partial charge in [-0.3, -0.25) is 14.5 Å². The zero-order chi connectivity index (χ0) is 19.9. The van der Waals surface area contributed by atoms with Gasteiger partial charge in [-0.25, -0.2) is 0 Å². The van der Waals surface area contributed by atoms with Crippen LogP contribution in [0.3, 0.4) is 0 Å². The van der Waals surface area contributed by atoms with Crippen molar-refractivity contribution in [1.82, 2.24) is 10.2 Å². The van der Waals surface area contributed by atoms with Crippen molar-refractivity contribution in [2.45, 2.75) is 13.8 Å². The lowest BCUT2D eigenvalue weighted by atomic mass is 10.1. The van der Waals surface area contributed by atoms with Crippen LogP contribution in [0.15, 0.2) is 48.5 Å². The molecule has 1 saturated heterocycles. The van der Waals surface area contributed by atoms with Crippen molar-refractivity contribution in [1.29, 1.82) is 0 Å². The number of nitrogens with one attached hydrogen (secondary N) is 2. The maximum absolute atomic E-state index is 12.1. The van der Waals surface area contributed by atoms with Crippen LogP contribution in [0.1, 0.15) is 11.1 Å². The van der Waals surface area contributed by atoms with Gasteiger partial charge in [0.15, 0.2) is 0 Å². The molecule has 6 nitrogen and oxygen atoms in total. The summed E-state index contributed by atoms with van der Waals surface area (Å²) in [4.78, 5) is 28.9. The monoisotopic (exact) mass is 380 g/mol. The van der Waals surface area contributed by atoms with E-state index in [4.69, 9.17) is 0 Å². The summed E-state index contributed by atoms with van der Waals surface area (Å²) in [6, 6.07) is 16.0. The fourth-order valence-electron chi connectivity index (χ4n) is 3.34. The van der Waals surface area contributed by atoms with E-state index in [-0.39, 0.29) is 0 Å². The Morgan fingerprint density at radius 3 is 2.32 bits per heavy atom. The molecule has 2 amide bonds. The predicted octanol–water partition coefficient (Wildman–Crippen LogP) is 2.18. The Kier molecular flexibility index (Phi) is 6.66. The van der Waals surface area contributed by atoms with E-state index in [1.165, 1.54) is 5.69 Å². The highest BCUT2D eigenvalue weighted by atomic mass is 16.2. The molecule has 6 heteroatoms. The Morgan fingerprint density at radius 2 is 1.61 bits per heavy atom. The van der Waals surface area contributed by atoms with Crippen LogP contribution in [-0.2, 0) is 9.59 Å². The highest BCUT2D eigenvalue weighted by Gasteiger charge is 2.18. The van der Waals surface area contributed by atoms with Crippen molar-refractivity contribution in [3.63, 3.8) is 0 Å². The first kappa shape index (κ1) is 19.9. The van der Waals surface area contributed by atoms with Crippen LogP contribution in [0.2, 0.25) is 0 Å². The lowest BCUT2D eigenvalue weighted by molar-refractivity contribution is -0.136. The highest BCUT2D eigenvalue weighted by molar-refractivity contribution is 6.39. The number of rotatable bonds is 5. The molecule has 1 aliphatic rings. The van der Waals surface area contributed by atoms with Crippen LogP contribution in [0.5, 0.6) is 0 Å². The van der Waals surface area contributed by atoms with Gasteiger partial charge in [0.25, 0.3) is 0 Å². The fraction of sp³-hybridized carbons (Fsp3) is 0.364. The third kappa shape index (κ3) is 5.10. The summed E-state index contributed by atoms with van der Waals surface area (Å²) in [7, 11) is 0. The van der Waals surface area contributed by atoms with Gasteiger partial charge in [-0.2, -0.15) is 0 Å². The second kappa shape index (κ2) is 9.37. The van der Waals surface area contributed by atoms with Crippen molar-refractivity contribution in [2.75, 3.05) is 49.5 Å². The van der Waals surface area contributed by atoms with Crippen LogP contribution in [0, 0.1) is 13.8 Å². The average Bonchev–Trinajstić information content (AvgIpc) is 2.72. The zero-order valence-corrected chi connectivity index (χ0v) is 16.6. The van der Waals surface area contributed by atoms with Crippen LogP contribution in [0.25, 0.3) is 0 Å². The first-order valence-electron chi connectivity index (χ1n) is 9.72. The van der Waals surface area contributed by atoms with E-state index in [1.54, 1.807) is 6.07 Å². The maximum atomic E-state index is 12.1. The van der Waals surface area contributed by atoms with Gasteiger partial charge in [-0.05, 0) is 43.2 Å². The molecule has 148 valence electrons. The smallest absolute Gasteiger partial charge is 0.313 e. The summed E-state index contributed by atoms with van der Waals surface area (Å²) in [5.41, 5.74) is 3.98. The summed E-state index contributed by atoms with van der Waals surface area (Å²) in [6.45, 7) is 8.92. The molecule has 0 saturated carbocycles. The lowest BCUT2D eigenvalue weighted by Crippen LogP contribution is -2.49. The molecule has 1 aliphatic heterocycles. The fourth-order valence-corrected chi connectivity index (χ4v) is 3.34. The van der Waals surface area contributed by atoms with Gasteiger partial charge < -0.3 is 15.5 Å². The minimum Gasteiger partial charge on any atom is -0.369 e. The van der Waals surface area contributed by atoms with E-state index < -0.39 is 11.8 Å². The van der Waals surface area contributed by atoms with Crippen molar-refractivity contribution in [3.8, 4) is 0 Å². The highest BCUT2D eigenvalue weighted by Crippen LogP contribution is 2.18. The minimum atomic E-state index is -0.623. The number of benzene rings is 2. The molecule has 2 aromatic carbocycles. The minimum absolute atomic E-state index is 0.463. The van der Waals surface area contributed by atoms with Crippen LogP contribution in [0.4, 0.5) is 11.4 Å². The third-order valence-corrected chi connectivity index (χ3v) is 5.27. The van der Waals surface area contributed by atoms with Crippen LogP contribution < -0.4 is 15.5 Å². The molecule has 0 atom stereocenters. The molecule has 2 aromatic rings. The number of amides is 2. The number of anilines is 2. The zero-order valence-electron chi connectivity index (χ0n) is 16.6. The second-order valence-corrected chi connectivity index (χ2v) is 7.12. The number of carbonyl (C=O) groups excluding carboxylic acids is 2. The molecule has 28 heavy (non-hydrogen) atoms. The number of nitrogens with zero attached hydrogens (tertiary/aromatic N) is 2. The molecule has 0 aliphatic carbocycles. The molecule has 0 spiro atoms. The van der Waals surface area contributed by atoms with Crippen molar-refractivity contribution < 1.29 is 9.59 Å². The largest absolute Gasteiger partial charge is 0.369 e. The van der Waals surface area contributed by atoms with Crippen molar-refractivity contribution in [3.05, 3.63) is 59.7 Å². The van der Waals surface area contributed by atoms with Gasteiger partial charge >= 0.3 is 11.8 Å². The van der Waals surface area contributed by atoms with Crippen LogP contribution >= 0.6 is 0 Å². The first-order chi connectivity index (χ1) is 13.5. The molecule has 3 rings (SSSR count). The summed E-state index contributed by atoms with van der Waals surface area (Å²) >= 11 is 0. The topological polar surface area (TPSA) is 64.7 Å². The number of hydrogen-bond donors (Lipinski definition) is 2. The normalized spacial score (nSPS) is 14.6. The third-order valence-electron chi connectivity index (χ3n) is 5.27. The number of para-hydroxylation sites is 1. The SMILES string of the molecule is Cc1cccc(NC(=O)C(=O)NCCN2CCN(c3ccccc3)CC2)c1C. The number of piperazine rings is 1. The second-order valence-electron chi connectivity index (χ2n) is 7.12. The van der Waals surface area contributed by atoms with Gasteiger partial charge in [0, 0.05) is 50.6 Å². The van der Waals surface area contributed by atoms with E-state index in [9.17, 15) is 9.59 Å². The summed E-state index contributed by atoms with van der Waals surface area (Å²) in [6.07, 6.45) is 0. The molecular formula is C22H28N4O2. The molecule has 0 aromatic heterocycles. The molecule has 2 N–H and O–H groups in total. The van der Waals surface area contributed by atoms with E-state index in [0.29, 0.717) is 12.2 Å². The van der Waals surface area contributed by atoms with Crippen molar-refractivity contribution in [2.24, 2.45) is 0 Å².